The Balaban J connectivity index is 1.90. The van der Waals surface area contributed by atoms with Crippen molar-refractivity contribution in [2.24, 2.45) is 0 Å². The molecule has 0 aromatic rings. The van der Waals surface area contributed by atoms with Crippen LogP contribution in [-0.4, -0.2) is 37.2 Å². The van der Waals surface area contributed by atoms with Crippen LogP contribution in [0.15, 0.2) is 0 Å². The molecule has 0 radical (unpaired) electrons. The standard InChI is InChI=1S/C14H28N2O2/c1-2-3-4-5-6-7-8-9-14(17)15-16-10-12-18-13-11-16/h2-13H2,1H3,(H,15,17). The van der Waals surface area contributed by atoms with E-state index in [4.69, 9.17) is 4.74 Å². The van der Waals surface area contributed by atoms with Crippen molar-refractivity contribution in [3.8, 4) is 0 Å². The quantitative estimate of drug-likeness (QED) is 0.644. The second-order valence-electron chi connectivity index (χ2n) is 5.01. The van der Waals surface area contributed by atoms with E-state index < -0.39 is 0 Å². The fourth-order valence-electron chi connectivity index (χ4n) is 2.15. The van der Waals surface area contributed by atoms with Crippen LogP contribution in [0.1, 0.15) is 58.3 Å². The number of amides is 1. The number of unbranched alkanes of at least 4 members (excludes halogenated alkanes) is 6. The van der Waals surface area contributed by atoms with Crippen molar-refractivity contribution >= 4 is 5.91 Å². The van der Waals surface area contributed by atoms with Gasteiger partial charge in [-0.3, -0.25) is 10.2 Å². The van der Waals surface area contributed by atoms with Crippen molar-refractivity contribution in [1.29, 1.82) is 0 Å². The molecular weight excluding hydrogens is 228 g/mol. The molecule has 1 heterocycles. The van der Waals surface area contributed by atoms with Gasteiger partial charge in [-0.05, 0) is 6.42 Å². The second-order valence-corrected chi connectivity index (χ2v) is 5.01. The van der Waals surface area contributed by atoms with E-state index in [1.165, 1.54) is 38.5 Å². The Hall–Kier alpha value is -0.610. The number of hydrogen-bond donors (Lipinski definition) is 1. The third kappa shape index (κ3) is 7.67. The van der Waals surface area contributed by atoms with Crippen LogP contribution >= 0.6 is 0 Å². The molecule has 1 saturated heterocycles. The molecule has 0 atom stereocenters. The molecule has 1 rings (SSSR count). The fourth-order valence-corrected chi connectivity index (χ4v) is 2.15. The van der Waals surface area contributed by atoms with E-state index in [1.54, 1.807) is 0 Å². The highest BCUT2D eigenvalue weighted by Gasteiger charge is 2.12. The molecule has 1 fully saturated rings. The van der Waals surface area contributed by atoms with Crippen molar-refractivity contribution in [3.63, 3.8) is 0 Å². The third-order valence-electron chi connectivity index (χ3n) is 3.30. The monoisotopic (exact) mass is 256 g/mol. The molecule has 0 unspecified atom stereocenters. The number of hydrogen-bond acceptors (Lipinski definition) is 3. The van der Waals surface area contributed by atoms with Crippen LogP contribution < -0.4 is 5.43 Å². The van der Waals surface area contributed by atoms with Crippen molar-refractivity contribution < 1.29 is 9.53 Å². The normalized spacial score (nSPS) is 16.7. The predicted octanol–water partition coefficient (Wildman–Crippen LogP) is 2.49. The minimum atomic E-state index is 0.158. The van der Waals surface area contributed by atoms with Gasteiger partial charge in [0, 0.05) is 19.5 Å². The van der Waals surface area contributed by atoms with Crippen molar-refractivity contribution in [3.05, 3.63) is 0 Å². The van der Waals surface area contributed by atoms with E-state index in [2.05, 4.69) is 12.3 Å². The Kier molecular flexibility index (Phi) is 8.86. The van der Waals surface area contributed by atoms with Crippen LogP contribution in [0, 0.1) is 0 Å². The lowest BCUT2D eigenvalue weighted by Gasteiger charge is -2.26. The number of hydrazine groups is 1. The van der Waals surface area contributed by atoms with Gasteiger partial charge < -0.3 is 4.74 Å². The second kappa shape index (κ2) is 10.3. The van der Waals surface area contributed by atoms with Gasteiger partial charge in [0.1, 0.15) is 0 Å². The van der Waals surface area contributed by atoms with Gasteiger partial charge in [-0.15, -0.1) is 0 Å². The molecule has 106 valence electrons. The fraction of sp³-hybridized carbons (Fsp3) is 0.929. The van der Waals surface area contributed by atoms with Gasteiger partial charge in [0.15, 0.2) is 0 Å². The highest BCUT2D eigenvalue weighted by molar-refractivity contribution is 5.75. The number of rotatable bonds is 9. The Bertz CT molecular complexity index is 216. The summed E-state index contributed by atoms with van der Waals surface area (Å²) < 4.78 is 5.23. The lowest BCUT2D eigenvalue weighted by Crippen LogP contribution is -2.48. The molecule has 1 N–H and O–H groups in total. The van der Waals surface area contributed by atoms with Crippen LogP contribution in [0.2, 0.25) is 0 Å². The van der Waals surface area contributed by atoms with Crippen molar-refractivity contribution in [2.75, 3.05) is 26.3 Å². The summed E-state index contributed by atoms with van der Waals surface area (Å²) in [5.41, 5.74) is 2.94. The molecule has 0 aliphatic carbocycles. The SMILES string of the molecule is CCCCCCCCCC(=O)NN1CCOCC1. The lowest BCUT2D eigenvalue weighted by atomic mass is 10.1. The molecule has 0 saturated carbocycles. The minimum Gasteiger partial charge on any atom is -0.379 e. The zero-order valence-corrected chi connectivity index (χ0v) is 11.7. The summed E-state index contributed by atoms with van der Waals surface area (Å²) in [5.74, 6) is 0.158. The molecule has 0 bridgehead atoms. The summed E-state index contributed by atoms with van der Waals surface area (Å²) in [4.78, 5) is 11.7. The van der Waals surface area contributed by atoms with Gasteiger partial charge in [-0.2, -0.15) is 0 Å². The average Bonchev–Trinajstić information content (AvgIpc) is 2.39. The number of nitrogens with one attached hydrogen (secondary N) is 1. The molecule has 0 aromatic carbocycles. The summed E-state index contributed by atoms with van der Waals surface area (Å²) in [6.07, 6.45) is 9.42. The zero-order valence-electron chi connectivity index (χ0n) is 11.7. The molecular formula is C14H28N2O2. The van der Waals surface area contributed by atoms with Crippen LogP contribution in [0.25, 0.3) is 0 Å². The number of carbonyl (C=O) groups is 1. The summed E-state index contributed by atoms with van der Waals surface area (Å²) in [6, 6.07) is 0. The minimum absolute atomic E-state index is 0.158. The maximum absolute atomic E-state index is 11.7. The molecule has 4 heteroatoms. The molecule has 18 heavy (non-hydrogen) atoms. The number of morpholine rings is 1. The topological polar surface area (TPSA) is 41.6 Å². The van der Waals surface area contributed by atoms with Crippen LogP contribution in [0.5, 0.6) is 0 Å². The van der Waals surface area contributed by atoms with Gasteiger partial charge in [0.2, 0.25) is 5.91 Å². The summed E-state index contributed by atoms with van der Waals surface area (Å²) in [6.45, 7) is 5.29. The highest BCUT2D eigenvalue weighted by Crippen LogP contribution is 2.08. The maximum atomic E-state index is 11.7. The van der Waals surface area contributed by atoms with Crippen LogP contribution in [-0.2, 0) is 9.53 Å². The third-order valence-corrected chi connectivity index (χ3v) is 3.30. The first kappa shape index (κ1) is 15.4. The van der Waals surface area contributed by atoms with Crippen molar-refractivity contribution in [1.82, 2.24) is 10.4 Å². The smallest absolute Gasteiger partial charge is 0.234 e. The first-order chi connectivity index (χ1) is 8.83. The van der Waals surface area contributed by atoms with Gasteiger partial charge in [0.25, 0.3) is 0 Å². The first-order valence-corrected chi connectivity index (χ1v) is 7.45. The molecule has 1 aliphatic heterocycles. The Labute approximate surface area is 111 Å². The van der Waals surface area contributed by atoms with Crippen molar-refractivity contribution in [2.45, 2.75) is 58.3 Å². The molecule has 0 aromatic heterocycles. The van der Waals surface area contributed by atoms with Gasteiger partial charge in [-0.25, -0.2) is 5.01 Å². The molecule has 4 nitrogen and oxygen atoms in total. The van der Waals surface area contributed by atoms with Crippen LogP contribution in [0.4, 0.5) is 0 Å². The van der Waals surface area contributed by atoms with E-state index in [0.29, 0.717) is 6.42 Å². The Morgan fingerprint density at radius 2 is 1.67 bits per heavy atom. The largest absolute Gasteiger partial charge is 0.379 e. The van der Waals surface area contributed by atoms with Crippen LogP contribution in [0.3, 0.4) is 0 Å². The first-order valence-electron chi connectivity index (χ1n) is 7.45. The molecule has 1 aliphatic rings. The Morgan fingerprint density at radius 1 is 1.06 bits per heavy atom. The highest BCUT2D eigenvalue weighted by atomic mass is 16.5. The van der Waals surface area contributed by atoms with E-state index in [0.717, 1.165) is 32.7 Å². The van der Waals surface area contributed by atoms with E-state index >= 15 is 0 Å². The van der Waals surface area contributed by atoms with Gasteiger partial charge in [-0.1, -0.05) is 45.4 Å². The molecule has 0 spiro atoms. The predicted molar refractivity (Wildman–Crippen MR) is 73.1 cm³/mol. The number of nitrogens with zero attached hydrogens (tertiary/aromatic N) is 1. The maximum Gasteiger partial charge on any atom is 0.234 e. The van der Waals surface area contributed by atoms with E-state index in [9.17, 15) is 4.79 Å². The average molecular weight is 256 g/mol. The zero-order chi connectivity index (χ0) is 13.1. The van der Waals surface area contributed by atoms with Gasteiger partial charge >= 0.3 is 0 Å². The summed E-state index contributed by atoms with van der Waals surface area (Å²) in [7, 11) is 0. The lowest BCUT2D eigenvalue weighted by molar-refractivity contribution is -0.128. The summed E-state index contributed by atoms with van der Waals surface area (Å²) >= 11 is 0. The summed E-state index contributed by atoms with van der Waals surface area (Å²) in [5, 5.41) is 1.97. The number of carbonyl (C=O) groups excluding carboxylic acids is 1. The van der Waals surface area contributed by atoms with Gasteiger partial charge in [0.05, 0.1) is 13.2 Å². The number of ether oxygens (including phenoxy) is 1. The molecule has 1 amide bonds. The van der Waals surface area contributed by atoms with E-state index in [-0.39, 0.29) is 5.91 Å². The van der Waals surface area contributed by atoms with E-state index in [1.807, 2.05) is 5.01 Å². The Morgan fingerprint density at radius 3 is 2.33 bits per heavy atom.